The van der Waals surface area contributed by atoms with Crippen LogP contribution in [-0.4, -0.2) is 28.7 Å². The molecule has 2 aromatic heterocycles. The summed E-state index contributed by atoms with van der Waals surface area (Å²) in [4.78, 5) is 11.4. The van der Waals surface area contributed by atoms with Crippen LogP contribution in [0.2, 0.25) is 0 Å². The second-order valence-electron chi connectivity index (χ2n) is 4.38. The number of nitrogens with zero attached hydrogens (tertiary/aromatic N) is 2. The lowest BCUT2D eigenvalue weighted by atomic mass is 10.1. The molecular weight excluding hydrogens is 273 g/mol. The van der Waals surface area contributed by atoms with Crippen LogP contribution in [0.1, 0.15) is 29.4 Å². The van der Waals surface area contributed by atoms with Gasteiger partial charge in [-0.3, -0.25) is 4.79 Å². The summed E-state index contributed by atoms with van der Waals surface area (Å²) in [5, 5.41) is 4.00. The van der Waals surface area contributed by atoms with Crippen molar-refractivity contribution < 1.29 is 22.7 Å². The fraction of sp³-hybridized carbons (Fsp3) is 0.385. The first-order valence-electron chi connectivity index (χ1n) is 5.95. The maximum absolute atomic E-state index is 12.4. The Kier molecular flexibility index (Phi) is 3.69. The third-order valence-electron chi connectivity index (χ3n) is 2.98. The summed E-state index contributed by atoms with van der Waals surface area (Å²) in [6, 6.07) is 3.16. The second-order valence-corrected chi connectivity index (χ2v) is 4.38. The van der Waals surface area contributed by atoms with E-state index >= 15 is 0 Å². The van der Waals surface area contributed by atoms with Gasteiger partial charge in [0.05, 0.1) is 30.1 Å². The van der Waals surface area contributed by atoms with Crippen LogP contribution in [0.4, 0.5) is 13.2 Å². The molecule has 2 heterocycles. The molecule has 0 atom stereocenters. The van der Waals surface area contributed by atoms with Crippen LogP contribution in [0, 0.1) is 0 Å². The van der Waals surface area contributed by atoms with E-state index in [0.717, 1.165) is 0 Å². The molecule has 2 rings (SSSR count). The number of aryl methyl sites for hydroxylation is 1. The SMILES string of the molecule is COc1ccc2c(C(C)=O)cnn2c1CCC(F)(F)F. The van der Waals surface area contributed by atoms with Gasteiger partial charge in [-0.1, -0.05) is 0 Å². The molecule has 0 unspecified atom stereocenters. The van der Waals surface area contributed by atoms with Crippen molar-refractivity contribution in [2.45, 2.75) is 25.9 Å². The van der Waals surface area contributed by atoms with Gasteiger partial charge in [0.1, 0.15) is 5.75 Å². The molecular formula is C13H13F3N2O2. The highest BCUT2D eigenvalue weighted by atomic mass is 19.4. The van der Waals surface area contributed by atoms with Crippen molar-refractivity contribution in [1.29, 1.82) is 0 Å². The van der Waals surface area contributed by atoms with Crippen LogP contribution >= 0.6 is 0 Å². The molecule has 0 N–H and O–H groups in total. The number of carbonyl (C=O) groups excluding carboxylic acids is 1. The summed E-state index contributed by atoms with van der Waals surface area (Å²) in [5.74, 6) is 0.131. The molecule has 108 valence electrons. The molecule has 0 saturated carbocycles. The first-order chi connectivity index (χ1) is 9.33. The molecule has 0 amide bonds. The molecule has 0 saturated heterocycles. The largest absolute Gasteiger partial charge is 0.495 e. The number of Topliss-reactive ketones (excluding diaryl/α,β-unsaturated/α-hetero) is 1. The van der Waals surface area contributed by atoms with E-state index in [1.807, 2.05) is 0 Å². The molecule has 0 fully saturated rings. The van der Waals surface area contributed by atoms with Gasteiger partial charge in [0.15, 0.2) is 5.78 Å². The summed E-state index contributed by atoms with van der Waals surface area (Å²) in [5.41, 5.74) is 1.16. The lowest BCUT2D eigenvalue weighted by molar-refractivity contribution is -0.134. The van der Waals surface area contributed by atoms with Crippen molar-refractivity contribution in [3.8, 4) is 5.75 Å². The average molecular weight is 286 g/mol. The predicted molar refractivity (Wildman–Crippen MR) is 66.1 cm³/mol. The molecule has 0 radical (unpaired) electrons. The third-order valence-corrected chi connectivity index (χ3v) is 2.98. The van der Waals surface area contributed by atoms with Gasteiger partial charge in [-0.15, -0.1) is 0 Å². The quantitative estimate of drug-likeness (QED) is 0.811. The van der Waals surface area contributed by atoms with Crippen LogP contribution in [-0.2, 0) is 6.42 Å². The minimum atomic E-state index is -4.26. The smallest absolute Gasteiger partial charge is 0.389 e. The number of aromatic nitrogens is 2. The van der Waals surface area contributed by atoms with Crippen molar-refractivity contribution in [1.82, 2.24) is 9.61 Å². The minimum Gasteiger partial charge on any atom is -0.495 e. The Labute approximate surface area is 113 Å². The molecule has 20 heavy (non-hydrogen) atoms. The van der Waals surface area contributed by atoms with Crippen molar-refractivity contribution in [2.24, 2.45) is 0 Å². The Balaban J connectivity index is 2.51. The van der Waals surface area contributed by atoms with E-state index < -0.39 is 12.6 Å². The van der Waals surface area contributed by atoms with Crippen LogP contribution in [0.25, 0.3) is 5.52 Å². The zero-order valence-electron chi connectivity index (χ0n) is 11.0. The highest BCUT2D eigenvalue weighted by Crippen LogP contribution is 2.28. The number of hydrogen-bond acceptors (Lipinski definition) is 3. The summed E-state index contributed by atoms with van der Waals surface area (Å²) in [6.07, 6.45) is -4.14. The number of carbonyl (C=O) groups is 1. The van der Waals surface area contributed by atoms with Gasteiger partial charge in [0.25, 0.3) is 0 Å². The Morgan fingerprint density at radius 1 is 1.40 bits per heavy atom. The zero-order chi connectivity index (χ0) is 14.9. The average Bonchev–Trinajstić information content (AvgIpc) is 2.78. The topological polar surface area (TPSA) is 43.6 Å². The number of hydrogen-bond donors (Lipinski definition) is 0. The van der Waals surface area contributed by atoms with Crippen molar-refractivity contribution >= 4 is 11.3 Å². The van der Waals surface area contributed by atoms with Gasteiger partial charge >= 0.3 is 6.18 Å². The maximum Gasteiger partial charge on any atom is 0.389 e. The van der Waals surface area contributed by atoms with Crippen LogP contribution < -0.4 is 4.74 Å². The van der Waals surface area contributed by atoms with Gasteiger partial charge < -0.3 is 4.74 Å². The number of alkyl halides is 3. The van der Waals surface area contributed by atoms with Gasteiger partial charge in [-0.05, 0) is 19.1 Å². The summed E-state index contributed by atoms with van der Waals surface area (Å²) < 4.78 is 43.6. The molecule has 4 nitrogen and oxygen atoms in total. The fourth-order valence-electron chi connectivity index (χ4n) is 2.03. The minimum absolute atomic E-state index is 0.188. The lowest BCUT2D eigenvalue weighted by Crippen LogP contribution is -2.11. The Morgan fingerprint density at radius 2 is 2.10 bits per heavy atom. The van der Waals surface area contributed by atoms with E-state index in [2.05, 4.69) is 5.10 Å². The standard InChI is InChI=1S/C13H13F3N2O2/c1-8(19)9-7-17-18-10(9)3-4-12(20-2)11(18)5-6-13(14,15)16/h3-4,7H,5-6H2,1-2H3. The fourth-order valence-corrected chi connectivity index (χ4v) is 2.03. The van der Waals surface area contributed by atoms with Crippen LogP contribution in [0.3, 0.4) is 0 Å². The number of ether oxygens (including phenoxy) is 1. The summed E-state index contributed by atoms with van der Waals surface area (Å²) in [6.45, 7) is 1.39. The van der Waals surface area contributed by atoms with E-state index in [9.17, 15) is 18.0 Å². The molecule has 0 bridgehead atoms. The molecule has 0 aliphatic carbocycles. The lowest BCUT2D eigenvalue weighted by Gasteiger charge is -2.12. The number of rotatable bonds is 4. The molecule has 0 aliphatic rings. The van der Waals surface area contributed by atoms with Gasteiger partial charge in [-0.25, -0.2) is 4.52 Å². The normalized spacial score (nSPS) is 11.8. The van der Waals surface area contributed by atoms with E-state index in [-0.39, 0.29) is 12.2 Å². The Hall–Kier alpha value is -2.05. The van der Waals surface area contributed by atoms with E-state index in [4.69, 9.17) is 4.74 Å². The van der Waals surface area contributed by atoms with Crippen LogP contribution in [0.15, 0.2) is 18.3 Å². The monoisotopic (exact) mass is 286 g/mol. The van der Waals surface area contributed by atoms with Crippen molar-refractivity contribution in [2.75, 3.05) is 7.11 Å². The predicted octanol–water partition coefficient (Wildman–Crippen LogP) is 3.04. The first kappa shape index (κ1) is 14.4. The molecule has 0 aliphatic heterocycles. The van der Waals surface area contributed by atoms with E-state index in [0.29, 0.717) is 22.5 Å². The number of pyridine rings is 1. The van der Waals surface area contributed by atoms with Crippen LogP contribution in [0.5, 0.6) is 5.75 Å². The number of fused-ring (bicyclic) bond motifs is 1. The van der Waals surface area contributed by atoms with E-state index in [1.54, 1.807) is 12.1 Å². The number of halogens is 3. The maximum atomic E-state index is 12.4. The molecule has 0 spiro atoms. The Morgan fingerprint density at radius 3 is 2.65 bits per heavy atom. The highest BCUT2D eigenvalue weighted by Gasteiger charge is 2.28. The van der Waals surface area contributed by atoms with Gasteiger partial charge in [0, 0.05) is 12.8 Å². The summed E-state index contributed by atoms with van der Waals surface area (Å²) in [7, 11) is 1.38. The summed E-state index contributed by atoms with van der Waals surface area (Å²) >= 11 is 0. The Bertz CT molecular complexity index is 647. The van der Waals surface area contributed by atoms with Gasteiger partial charge in [0.2, 0.25) is 0 Å². The van der Waals surface area contributed by atoms with Gasteiger partial charge in [-0.2, -0.15) is 18.3 Å². The van der Waals surface area contributed by atoms with Crippen molar-refractivity contribution in [3.05, 3.63) is 29.6 Å². The highest BCUT2D eigenvalue weighted by molar-refractivity contribution is 6.00. The van der Waals surface area contributed by atoms with E-state index in [1.165, 1.54) is 24.7 Å². The third kappa shape index (κ3) is 2.76. The second kappa shape index (κ2) is 5.15. The first-order valence-corrected chi connectivity index (χ1v) is 5.95. The molecule has 0 aromatic carbocycles. The van der Waals surface area contributed by atoms with Crippen molar-refractivity contribution in [3.63, 3.8) is 0 Å². The zero-order valence-corrected chi connectivity index (χ0v) is 11.0. The number of ketones is 1. The molecule has 2 aromatic rings. The number of methoxy groups -OCH3 is 1. The molecule has 7 heteroatoms.